The van der Waals surface area contributed by atoms with Gasteiger partial charge in [-0.15, -0.1) is 11.6 Å². The van der Waals surface area contributed by atoms with E-state index >= 15 is 0 Å². The van der Waals surface area contributed by atoms with E-state index < -0.39 is 38.0 Å². The first-order valence-electron chi connectivity index (χ1n) is 6.94. The zero-order chi connectivity index (χ0) is 15.6. The van der Waals surface area contributed by atoms with Crippen LogP contribution in [0.3, 0.4) is 0 Å². The monoisotopic (exact) mass is 337 g/mol. The molecule has 1 aliphatic rings. The van der Waals surface area contributed by atoms with E-state index in [1.807, 2.05) is 6.92 Å². The smallest absolute Gasteiger partial charge is 0.207 e. The second kappa shape index (κ2) is 6.58. The van der Waals surface area contributed by atoms with Crippen LogP contribution in [-0.2, 0) is 15.9 Å². The molecule has 0 bridgehead atoms. The maximum Gasteiger partial charge on any atom is 0.246 e. The zero-order valence-electron chi connectivity index (χ0n) is 11.8. The molecule has 1 heterocycles. The van der Waals surface area contributed by atoms with Crippen molar-refractivity contribution in [3.8, 4) is 0 Å². The number of halogens is 3. The summed E-state index contributed by atoms with van der Waals surface area (Å²) in [7, 11) is -3.94. The normalized spacial score (nSPS) is 20.1. The first kappa shape index (κ1) is 16.6. The summed E-state index contributed by atoms with van der Waals surface area (Å²) >= 11 is 5.50. The molecule has 1 atom stereocenters. The minimum absolute atomic E-state index is 0.306. The highest BCUT2D eigenvalue weighted by Crippen LogP contribution is 2.30. The lowest BCUT2D eigenvalue weighted by atomic mass is 10.0. The van der Waals surface area contributed by atoms with Gasteiger partial charge in [0.2, 0.25) is 10.0 Å². The minimum atomic E-state index is -3.94. The Labute approximate surface area is 129 Å². The molecule has 0 spiro atoms. The highest BCUT2D eigenvalue weighted by Gasteiger charge is 2.34. The van der Waals surface area contributed by atoms with Crippen LogP contribution in [0.5, 0.6) is 0 Å². The molecule has 118 valence electrons. The summed E-state index contributed by atoms with van der Waals surface area (Å²) in [5.74, 6) is -2.00. The van der Waals surface area contributed by atoms with Crippen molar-refractivity contribution in [3.63, 3.8) is 0 Å². The van der Waals surface area contributed by atoms with Crippen LogP contribution in [0.4, 0.5) is 8.78 Å². The summed E-state index contributed by atoms with van der Waals surface area (Å²) in [5.41, 5.74) is -0.401. The number of hydrogen-bond acceptors (Lipinski definition) is 2. The van der Waals surface area contributed by atoms with Crippen LogP contribution < -0.4 is 0 Å². The minimum Gasteiger partial charge on any atom is -0.207 e. The van der Waals surface area contributed by atoms with Gasteiger partial charge in [-0.05, 0) is 30.9 Å². The van der Waals surface area contributed by atoms with Gasteiger partial charge >= 0.3 is 0 Å². The fourth-order valence-electron chi connectivity index (χ4n) is 2.70. The van der Waals surface area contributed by atoms with Gasteiger partial charge in [-0.25, -0.2) is 17.2 Å². The number of benzene rings is 1. The largest absolute Gasteiger partial charge is 0.246 e. The average molecular weight is 338 g/mol. The summed E-state index contributed by atoms with van der Waals surface area (Å²) in [4.78, 5) is -0.489. The van der Waals surface area contributed by atoms with Crippen LogP contribution >= 0.6 is 11.6 Å². The fourth-order valence-corrected chi connectivity index (χ4v) is 4.56. The molecule has 1 unspecified atom stereocenters. The van der Waals surface area contributed by atoms with E-state index in [1.165, 1.54) is 4.31 Å². The number of nitrogens with zero attached hydrogens (tertiary/aromatic N) is 1. The van der Waals surface area contributed by atoms with Gasteiger partial charge in [0.25, 0.3) is 0 Å². The Balaban J connectivity index is 2.33. The quantitative estimate of drug-likeness (QED) is 0.771. The van der Waals surface area contributed by atoms with Crippen molar-refractivity contribution in [3.05, 3.63) is 29.3 Å². The standard InChI is InChI=1S/C14H18ClF2NO2S/c1-2-3-10-6-7-18(9-10)21(19,20)13-5-4-12(16)11(8-15)14(13)17/h4-5,10H,2-3,6-9H2,1H3. The molecule has 1 aromatic rings. The lowest BCUT2D eigenvalue weighted by molar-refractivity contribution is 0.439. The van der Waals surface area contributed by atoms with Crippen LogP contribution in [0.25, 0.3) is 0 Å². The van der Waals surface area contributed by atoms with Crippen molar-refractivity contribution in [1.29, 1.82) is 0 Å². The van der Waals surface area contributed by atoms with Crippen molar-refractivity contribution < 1.29 is 17.2 Å². The van der Waals surface area contributed by atoms with Gasteiger partial charge in [-0.2, -0.15) is 4.31 Å². The van der Waals surface area contributed by atoms with Gasteiger partial charge in [0.15, 0.2) is 5.82 Å². The van der Waals surface area contributed by atoms with E-state index in [4.69, 9.17) is 11.6 Å². The number of sulfonamides is 1. The Bertz CT molecular complexity index is 622. The highest BCUT2D eigenvalue weighted by atomic mass is 35.5. The van der Waals surface area contributed by atoms with Crippen molar-refractivity contribution in [2.24, 2.45) is 5.92 Å². The number of alkyl halides is 1. The topological polar surface area (TPSA) is 37.4 Å². The summed E-state index contributed by atoms with van der Waals surface area (Å²) < 4.78 is 53.9. The Hall–Kier alpha value is -0.720. The molecule has 0 aliphatic carbocycles. The van der Waals surface area contributed by atoms with Crippen molar-refractivity contribution in [1.82, 2.24) is 4.31 Å². The van der Waals surface area contributed by atoms with Crippen molar-refractivity contribution in [2.75, 3.05) is 13.1 Å². The van der Waals surface area contributed by atoms with E-state index in [9.17, 15) is 17.2 Å². The number of hydrogen-bond donors (Lipinski definition) is 0. The molecule has 1 fully saturated rings. The van der Waals surface area contributed by atoms with Gasteiger partial charge in [0, 0.05) is 18.7 Å². The molecule has 21 heavy (non-hydrogen) atoms. The van der Waals surface area contributed by atoms with Gasteiger partial charge < -0.3 is 0 Å². The first-order chi connectivity index (χ1) is 9.91. The predicted molar refractivity (Wildman–Crippen MR) is 77.7 cm³/mol. The van der Waals surface area contributed by atoms with Gasteiger partial charge in [0.1, 0.15) is 10.7 Å². The molecule has 2 rings (SSSR count). The second-order valence-electron chi connectivity index (χ2n) is 5.28. The van der Waals surface area contributed by atoms with Crippen molar-refractivity contribution in [2.45, 2.75) is 37.0 Å². The lowest BCUT2D eigenvalue weighted by Gasteiger charge is -2.18. The predicted octanol–water partition coefficient (Wildman–Crippen LogP) is 3.51. The molecule has 0 saturated carbocycles. The van der Waals surface area contributed by atoms with E-state index in [-0.39, 0.29) is 0 Å². The van der Waals surface area contributed by atoms with Crippen LogP contribution in [0.1, 0.15) is 31.7 Å². The Morgan fingerprint density at radius 1 is 1.38 bits per heavy atom. The Morgan fingerprint density at radius 3 is 2.71 bits per heavy atom. The maximum atomic E-state index is 14.2. The molecule has 1 aromatic carbocycles. The first-order valence-corrected chi connectivity index (χ1v) is 8.92. The summed E-state index contributed by atoms with van der Waals surface area (Å²) in [6.45, 7) is 2.81. The maximum absolute atomic E-state index is 14.2. The zero-order valence-corrected chi connectivity index (χ0v) is 13.4. The fraction of sp³-hybridized carbons (Fsp3) is 0.571. The summed E-state index contributed by atoms with van der Waals surface area (Å²) in [5, 5.41) is 0. The van der Waals surface area contributed by atoms with Gasteiger partial charge in [0.05, 0.1) is 5.88 Å². The van der Waals surface area contributed by atoms with Gasteiger partial charge in [-0.3, -0.25) is 0 Å². The van der Waals surface area contributed by atoms with E-state index in [0.717, 1.165) is 31.4 Å². The third-order valence-electron chi connectivity index (χ3n) is 3.85. The lowest BCUT2D eigenvalue weighted by Crippen LogP contribution is -2.30. The van der Waals surface area contributed by atoms with E-state index in [2.05, 4.69) is 0 Å². The van der Waals surface area contributed by atoms with Crippen LogP contribution in [0, 0.1) is 17.6 Å². The molecular weight excluding hydrogens is 320 g/mol. The van der Waals surface area contributed by atoms with Crippen LogP contribution in [0.15, 0.2) is 17.0 Å². The molecule has 1 saturated heterocycles. The molecule has 0 amide bonds. The molecule has 7 heteroatoms. The molecular formula is C14H18ClF2NO2S. The third-order valence-corrected chi connectivity index (χ3v) is 6.00. The van der Waals surface area contributed by atoms with Crippen LogP contribution in [0.2, 0.25) is 0 Å². The molecule has 0 aromatic heterocycles. The molecule has 3 nitrogen and oxygen atoms in total. The Kier molecular flexibility index (Phi) is 5.22. The highest BCUT2D eigenvalue weighted by molar-refractivity contribution is 7.89. The Morgan fingerprint density at radius 2 is 2.10 bits per heavy atom. The van der Waals surface area contributed by atoms with Crippen LogP contribution in [-0.4, -0.2) is 25.8 Å². The van der Waals surface area contributed by atoms with Gasteiger partial charge in [-0.1, -0.05) is 13.3 Å². The molecule has 1 aliphatic heterocycles. The van der Waals surface area contributed by atoms with E-state index in [0.29, 0.717) is 19.0 Å². The van der Waals surface area contributed by atoms with Crippen molar-refractivity contribution >= 4 is 21.6 Å². The SMILES string of the molecule is CCCC1CCN(S(=O)(=O)c2ccc(F)c(CCl)c2F)C1. The number of rotatable bonds is 5. The van der Waals surface area contributed by atoms with E-state index in [1.54, 1.807) is 0 Å². The molecule has 0 radical (unpaired) electrons. The summed E-state index contributed by atoms with van der Waals surface area (Å²) in [6.07, 6.45) is 2.71. The summed E-state index contributed by atoms with van der Waals surface area (Å²) in [6, 6.07) is 1.93. The second-order valence-corrected chi connectivity index (χ2v) is 7.45. The average Bonchev–Trinajstić information content (AvgIpc) is 2.89. The molecule has 0 N–H and O–H groups in total. The third kappa shape index (κ3) is 3.22.